The van der Waals surface area contributed by atoms with Gasteiger partial charge in [0, 0.05) is 96.4 Å². The molecule has 17 heteroatoms. The summed E-state index contributed by atoms with van der Waals surface area (Å²) in [5.41, 5.74) is 11.8. The van der Waals surface area contributed by atoms with Gasteiger partial charge in [0.2, 0.25) is 0 Å². The van der Waals surface area contributed by atoms with Gasteiger partial charge in [-0.05, 0) is 147 Å². The molecule has 4 heterocycles. The van der Waals surface area contributed by atoms with E-state index in [1.165, 1.54) is 46.9 Å². The normalized spacial score (nSPS) is 10.6. The molecule has 0 spiro atoms. The standard InChI is InChI=1S/C29H23FN6O2S.C23H19BrN4OS/c1-18-4-9-24(15-25(18)35-29-36-26(17-39-29)20-3-2-14-31-16-20)32-27(37)19-5-10-22(11-6-19)33-28(38)34-23-12-7-21(30)8-13-23;1-14-5-7-16(10-19(14)24)22(29)26-18-8-6-15(2)20(11-18)27-23-28-21(13-30-23)17-4-3-9-25-12-17/h2-17H,1H3,(H,32,37)(H,35,36)(H2,33,34,38);3-13H,1-2H3,(H,26,29)(H,27,28). The minimum Gasteiger partial charge on any atom is -0.331 e. The van der Waals surface area contributed by atoms with E-state index in [1.54, 1.807) is 49.1 Å². The van der Waals surface area contributed by atoms with Crippen LogP contribution in [0, 0.1) is 26.6 Å². The average molecular weight is 1020 g/mol. The molecule has 0 saturated heterocycles. The average Bonchev–Trinajstić information content (AvgIpc) is 4.04. The van der Waals surface area contributed by atoms with Crippen LogP contribution >= 0.6 is 38.6 Å². The second-order valence-electron chi connectivity index (χ2n) is 15.4. The van der Waals surface area contributed by atoms with Crippen molar-refractivity contribution in [2.75, 3.05) is 31.9 Å². The van der Waals surface area contributed by atoms with Crippen LogP contribution in [0.5, 0.6) is 0 Å². The number of carbonyl (C=O) groups is 3. The molecule has 5 aromatic carbocycles. The van der Waals surface area contributed by atoms with Crippen LogP contribution in [0.1, 0.15) is 37.4 Å². The predicted molar refractivity (Wildman–Crippen MR) is 280 cm³/mol. The highest BCUT2D eigenvalue weighted by atomic mass is 79.9. The van der Waals surface area contributed by atoms with E-state index in [0.29, 0.717) is 33.9 Å². The van der Waals surface area contributed by atoms with Crippen molar-refractivity contribution < 1.29 is 18.8 Å². The molecule has 69 heavy (non-hydrogen) atoms. The number of anilines is 8. The Labute approximate surface area is 413 Å². The van der Waals surface area contributed by atoms with Gasteiger partial charge in [0.15, 0.2) is 10.3 Å². The van der Waals surface area contributed by atoms with Crippen molar-refractivity contribution >= 4 is 101 Å². The van der Waals surface area contributed by atoms with E-state index in [1.807, 2.05) is 110 Å². The third-order valence-corrected chi connectivity index (χ3v) is 12.7. The number of nitrogens with zero attached hydrogens (tertiary/aromatic N) is 4. The molecule has 0 saturated carbocycles. The highest BCUT2D eigenvalue weighted by Crippen LogP contribution is 2.32. The molecule has 9 aromatic rings. The summed E-state index contributed by atoms with van der Waals surface area (Å²) in [4.78, 5) is 55.2. The molecule has 0 fully saturated rings. The summed E-state index contributed by atoms with van der Waals surface area (Å²) in [7, 11) is 0. The van der Waals surface area contributed by atoms with Crippen molar-refractivity contribution in [3.05, 3.63) is 201 Å². The fourth-order valence-corrected chi connectivity index (χ4v) is 8.37. The summed E-state index contributed by atoms with van der Waals surface area (Å²) in [5, 5.41) is 23.3. The van der Waals surface area contributed by atoms with Crippen molar-refractivity contribution in [2.24, 2.45) is 0 Å². The largest absolute Gasteiger partial charge is 0.331 e. The number of hydrogen-bond acceptors (Lipinski definition) is 11. The van der Waals surface area contributed by atoms with Crippen molar-refractivity contribution in [3.63, 3.8) is 0 Å². The van der Waals surface area contributed by atoms with E-state index >= 15 is 0 Å². The van der Waals surface area contributed by atoms with E-state index in [2.05, 4.69) is 67.8 Å². The van der Waals surface area contributed by atoms with Gasteiger partial charge in [-0.25, -0.2) is 19.2 Å². The monoisotopic (exact) mass is 1020 g/mol. The lowest BCUT2D eigenvalue weighted by Gasteiger charge is -2.11. The van der Waals surface area contributed by atoms with E-state index in [-0.39, 0.29) is 17.6 Å². The zero-order valence-electron chi connectivity index (χ0n) is 37.2. The maximum Gasteiger partial charge on any atom is 0.323 e. The lowest BCUT2D eigenvalue weighted by atomic mass is 10.1. The number of thiazole rings is 2. The Balaban J connectivity index is 0.000000192. The molecule has 0 radical (unpaired) electrons. The number of halogens is 2. The SMILES string of the molecule is Cc1ccc(C(=O)Nc2ccc(C)c(Nc3nc(-c4cccnc4)cs3)c2)cc1Br.Cc1ccc(NC(=O)c2ccc(NC(=O)Nc3ccc(F)cc3)cc2)cc1Nc1nc(-c2cccnc2)cs1. The van der Waals surface area contributed by atoms with Gasteiger partial charge in [-0.1, -0.05) is 34.1 Å². The third-order valence-electron chi connectivity index (χ3n) is 10.3. The minimum atomic E-state index is -0.480. The molecule has 0 unspecified atom stereocenters. The molecular formula is C52H42BrFN10O3S2. The summed E-state index contributed by atoms with van der Waals surface area (Å²) in [5.74, 6) is -0.832. The molecule has 4 amide bonds. The molecule has 13 nitrogen and oxygen atoms in total. The summed E-state index contributed by atoms with van der Waals surface area (Å²) in [6.07, 6.45) is 7.03. The molecule has 0 atom stereocenters. The smallest absolute Gasteiger partial charge is 0.323 e. The Morgan fingerprint density at radius 1 is 0.522 bits per heavy atom. The van der Waals surface area contributed by atoms with Crippen LogP contribution in [-0.2, 0) is 0 Å². The summed E-state index contributed by atoms with van der Waals surface area (Å²) >= 11 is 6.49. The van der Waals surface area contributed by atoms with Crippen LogP contribution < -0.4 is 31.9 Å². The Kier molecular flexibility index (Phi) is 15.2. The first kappa shape index (κ1) is 47.4. The molecule has 6 N–H and O–H groups in total. The van der Waals surface area contributed by atoms with Gasteiger partial charge in [0.05, 0.1) is 11.4 Å². The maximum atomic E-state index is 13.0. The fraction of sp³-hybridized carbons (Fsp3) is 0.0577. The maximum absolute atomic E-state index is 13.0. The first-order valence-corrected chi connectivity index (χ1v) is 23.8. The fourth-order valence-electron chi connectivity index (χ4n) is 6.53. The number of aryl methyl sites for hydroxylation is 3. The number of amides is 4. The molecule has 4 aromatic heterocycles. The summed E-state index contributed by atoms with van der Waals surface area (Å²) in [6, 6.07) is 36.1. The number of carbonyl (C=O) groups excluding carboxylic acids is 3. The number of aromatic nitrogens is 4. The van der Waals surface area contributed by atoms with Gasteiger partial charge in [-0.2, -0.15) is 0 Å². The van der Waals surface area contributed by atoms with E-state index in [9.17, 15) is 18.8 Å². The summed E-state index contributed by atoms with van der Waals surface area (Å²) < 4.78 is 13.9. The van der Waals surface area contributed by atoms with Crippen LogP contribution in [0.3, 0.4) is 0 Å². The molecular weight excluding hydrogens is 976 g/mol. The summed E-state index contributed by atoms with van der Waals surface area (Å²) in [6.45, 7) is 5.98. The van der Waals surface area contributed by atoms with Crippen molar-refractivity contribution in [1.82, 2.24) is 19.9 Å². The van der Waals surface area contributed by atoms with Crippen LogP contribution in [0.2, 0.25) is 0 Å². The van der Waals surface area contributed by atoms with Crippen molar-refractivity contribution in [3.8, 4) is 22.5 Å². The molecule has 0 bridgehead atoms. The zero-order chi connectivity index (χ0) is 48.3. The van der Waals surface area contributed by atoms with Crippen molar-refractivity contribution in [1.29, 1.82) is 0 Å². The zero-order valence-corrected chi connectivity index (χ0v) is 40.4. The highest BCUT2D eigenvalue weighted by molar-refractivity contribution is 9.10. The van der Waals surface area contributed by atoms with Crippen molar-refractivity contribution in [2.45, 2.75) is 20.8 Å². The number of pyridine rings is 2. The number of benzene rings is 5. The molecule has 0 aliphatic heterocycles. The van der Waals surface area contributed by atoms with Gasteiger partial charge in [0.25, 0.3) is 11.8 Å². The lowest BCUT2D eigenvalue weighted by molar-refractivity contribution is 0.101. The number of hydrogen-bond donors (Lipinski definition) is 6. The van der Waals surface area contributed by atoms with Crippen LogP contribution in [0.15, 0.2) is 167 Å². The molecule has 0 aliphatic carbocycles. The highest BCUT2D eigenvalue weighted by Gasteiger charge is 2.13. The minimum absolute atomic E-state index is 0.154. The third kappa shape index (κ3) is 12.9. The predicted octanol–water partition coefficient (Wildman–Crippen LogP) is 13.9. The van der Waals surface area contributed by atoms with E-state index < -0.39 is 6.03 Å². The lowest BCUT2D eigenvalue weighted by Crippen LogP contribution is -2.19. The Hall–Kier alpha value is -8.12. The second kappa shape index (κ2) is 22.1. The topological polar surface area (TPSA) is 175 Å². The van der Waals surface area contributed by atoms with Crippen LogP contribution in [0.25, 0.3) is 22.5 Å². The Morgan fingerprint density at radius 3 is 1.45 bits per heavy atom. The van der Waals surface area contributed by atoms with Gasteiger partial charge in [-0.3, -0.25) is 19.6 Å². The van der Waals surface area contributed by atoms with Gasteiger partial charge >= 0.3 is 6.03 Å². The van der Waals surface area contributed by atoms with E-state index in [0.717, 1.165) is 65.3 Å². The molecule has 344 valence electrons. The number of urea groups is 1. The first-order chi connectivity index (χ1) is 33.4. The van der Waals surface area contributed by atoms with Crippen LogP contribution in [-0.4, -0.2) is 37.8 Å². The Bertz CT molecular complexity index is 3250. The Morgan fingerprint density at radius 2 is 0.971 bits per heavy atom. The van der Waals surface area contributed by atoms with E-state index in [4.69, 9.17) is 0 Å². The second-order valence-corrected chi connectivity index (χ2v) is 18.0. The number of rotatable bonds is 12. The van der Waals surface area contributed by atoms with Crippen LogP contribution in [0.4, 0.5) is 53.6 Å². The number of nitrogens with one attached hydrogen (secondary N) is 6. The quantitative estimate of drug-likeness (QED) is 0.0696. The molecule has 0 aliphatic rings. The van der Waals surface area contributed by atoms with Gasteiger partial charge in [0.1, 0.15) is 5.82 Å². The first-order valence-electron chi connectivity index (χ1n) is 21.2. The van der Waals surface area contributed by atoms with Gasteiger partial charge < -0.3 is 31.9 Å². The van der Waals surface area contributed by atoms with Gasteiger partial charge in [-0.15, -0.1) is 22.7 Å². The molecule has 9 rings (SSSR count).